The Morgan fingerprint density at radius 1 is 1.42 bits per heavy atom. The van der Waals surface area contributed by atoms with Crippen LogP contribution in [-0.4, -0.2) is 28.0 Å². The van der Waals surface area contributed by atoms with Crippen LogP contribution in [0.2, 0.25) is 0 Å². The van der Waals surface area contributed by atoms with Crippen molar-refractivity contribution in [1.82, 2.24) is 24.3 Å². The van der Waals surface area contributed by atoms with Crippen molar-refractivity contribution in [3.63, 3.8) is 0 Å². The maximum atomic E-state index is 12.1. The number of rotatable bonds is 5. The Morgan fingerprint density at radius 3 is 2.68 bits per heavy atom. The Hall–Kier alpha value is -1.67. The maximum absolute atomic E-state index is 12.1. The molecule has 104 valence electrons. The SMILES string of the molecule is CCn1ccc(CNS(=O)(=O)c2cnn(C)c2C)n1. The number of nitrogens with one attached hydrogen (secondary N) is 1. The highest BCUT2D eigenvalue weighted by atomic mass is 32.2. The van der Waals surface area contributed by atoms with E-state index in [2.05, 4.69) is 14.9 Å². The van der Waals surface area contributed by atoms with Gasteiger partial charge in [-0.15, -0.1) is 0 Å². The molecule has 2 aromatic rings. The lowest BCUT2D eigenvalue weighted by molar-refractivity contribution is 0.577. The normalized spacial score (nSPS) is 11.9. The molecule has 2 aromatic heterocycles. The van der Waals surface area contributed by atoms with Crippen LogP contribution in [0.3, 0.4) is 0 Å². The Labute approximate surface area is 112 Å². The summed E-state index contributed by atoms with van der Waals surface area (Å²) in [7, 11) is -1.84. The fourth-order valence-corrected chi connectivity index (χ4v) is 2.86. The molecule has 19 heavy (non-hydrogen) atoms. The van der Waals surface area contributed by atoms with Gasteiger partial charge in [0, 0.05) is 19.8 Å². The van der Waals surface area contributed by atoms with Gasteiger partial charge in [-0.05, 0) is 19.9 Å². The van der Waals surface area contributed by atoms with Crippen LogP contribution in [0, 0.1) is 6.92 Å². The van der Waals surface area contributed by atoms with E-state index in [9.17, 15) is 8.42 Å². The summed E-state index contributed by atoms with van der Waals surface area (Å²) >= 11 is 0. The number of sulfonamides is 1. The summed E-state index contributed by atoms with van der Waals surface area (Å²) < 4.78 is 30.0. The number of nitrogens with zero attached hydrogens (tertiary/aromatic N) is 4. The lowest BCUT2D eigenvalue weighted by Crippen LogP contribution is -2.24. The van der Waals surface area contributed by atoms with Crippen molar-refractivity contribution in [2.75, 3.05) is 0 Å². The third-order valence-corrected chi connectivity index (χ3v) is 4.45. The van der Waals surface area contributed by atoms with Crippen molar-refractivity contribution in [3.05, 3.63) is 29.8 Å². The second kappa shape index (κ2) is 5.14. The van der Waals surface area contributed by atoms with Gasteiger partial charge >= 0.3 is 0 Å². The topological polar surface area (TPSA) is 81.8 Å². The smallest absolute Gasteiger partial charge is 0.244 e. The molecule has 0 saturated carbocycles. The summed E-state index contributed by atoms with van der Waals surface area (Å²) in [6.45, 7) is 4.62. The van der Waals surface area contributed by atoms with Gasteiger partial charge in [0.1, 0.15) is 4.90 Å². The molecule has 0 spiro atoms. The minimum Gasteiger partial charge on any atom is -0.273 e. The van der Waals surface area contributed by atoms with E-state index in [0.29, 0.717) is 11.4 Å². The van der Waals surface area contributed by atoms with Crippen LogP contribution in [0.15, 0.2) is 23.4 Å². The molecule has 8 heteroatoms. The summed E-state index contributed by atoms with van der Waals surface area (Å²) in [6, 6.07) is 1.79. The molecule has 2 heterocycles. The maximum Gasteiger partial charge on any atom is 0.244 e. The number of aromatic nitrogens is 4. The molecule has 0 aliphatic heterocycles. The van der Waals surface area contributed by atoms with Gasteiger partial charge in [0.15, 0.2) is 0 Å². The molecule has 2 rings (SSSR count). The highest BCUT2D eigenvalue weighted by molar-refractivity contribution is 7.89. The second-order valence-corrected chi connectivity index (χ2v) is 5.94. The minimum absolute atomic E-state index is 0.170. The summed E-state index contributed by atoms with van der Waals surface area (Å²) in [5.74, 6) is 0. The Kier molecular flexibility index (Phi) is 3.72. The molecule has 0 unspecified atom stereocenters. The van der Waals surface area contributed by atoms with Crippen molar-refractivity contribution >= 4 is 10.0 Å². The first-order valence-corrected chi connectivity index (χ1v) is 7.43. The average Bonchev–Trinajstić information content (AvgIpc) is 2.95. The number of hydrogen-bond acceptors (Lipinski definition) is 4. The molecular weight excluding hydrogens is 266 g/mol. The zero-order valence-electron chi connectivity index (χ0n) is 11.2. The molecule has 7 nitrogen and oxygen atoms in total. The van der Waals surface area contributed by atoms with Crippen LogP contribution in [0.4, 0.5) is 0 Å². The van der Waals surface area contributed by atoms with Gasteiger partial charge in [0.25, 0.3) is 0 Å². The zero-order chi connectivity index (χ0) is 14.0. The van der Waals surface area contributed by atoms with Crippen molar-refractivity contribution in [3.8, 4) is 0 Å². The second-order valence-electron chi connectivity index (χ2n) is 4.21. The highest BCUT2D eigenvalue weighted by Gasteiger charge is 2.19. The van der Waals surface area contributed by atoms with E-state index in [0.717, 1.165) is 6.54 Å². The van der Waals surface area contributed by atoms with E-state index in [4.69, 9.17) is 0 Å². The monoisotopic (exact) mass is 283 g/mol. The Bertz CT molecular complexity index is 671. The first-order valence-electron chi connectivity index (χ1n) is 5.94. The quantitative estimate of drug-likeness (QED) is 0.862. The van der Waals surface area contributed by atoms with Gasteiger partial charge in [-0.25, -0.2) is 13.1 Å². The van der Waals surface area contributed by atoms with E-state index in [-0.39, 0.29) is 11.4 Å². The summed E-state index contributed by atoms with van der Waals surface area (Å²) in [6.07, 6.45) is 3.17. The van der Waals surface area contributed by atoms with Crippen molar-refractivity contribution < 1.29 is 8.42 Å². The van der Waals surface area contributed by atoms with Gasteiger partial charge < -0.3 is 0 Å². The molecule has 0 aliphatic rings. The molecule has 1 N–H and O–H groups in total. The molecule has 0 saturated heterocycles. The molecule has 0 aliphatic carbocycles. The van der Waals surface area contributed by atoms with Gasteiger partial charge in [0.2, 0.25) is 10.0 Å². The van der Waals surface area contributed by atoms with Crippen LogP contribution < -0.4 is 4.72 Å². The van der Waals surface area contributed by atoms with Crippen LogP contribution >= 0.6 is 0 Å². The van der Waals surface area contributed by atoms with E-state index in [1.54, 1.807) is 24.7 Å². The number of aryl methyl sites for hydroxylation is 2. The van der Waals surface area contributed by atoms with E-state index < -0.39 is 10.0 Å². The molecule has 0 bridgehead atoms. The summed E-state index contributed by atoms with van der Waals surface area (Å²) in [5.41, 5.74) is 1.29. The molecule has 0 fully saturated rings. The third-order valence-electron chi connectivity index (χ3n) is 2.94. The predicted octanol–water partition coefficient (Wildman–Crippen LogP) is 0.423. The average molecular weight is 283 g/mol. The van der Waals surface area contributed by atoms with Crippen LogP contribution in [0.5, 0.6) is 0 Å². The molecular formula is C11H17N5O2S. The van der Waals surface area contributed by atoms with Crippen molar-refractivity contribution in [2.24, 2.45) is 7.05 Å². The van der Waals surface area contributed by atoms with Gasteiger partial charge in [0.05, 0.1) is 24.1 Å². The lowest BCUT2D eigenvalue weighted by Gasteiger charge is -2.04. The first-order chi connectivity index (χ1) is 8.94. The largest absolute Gasteiger partial charge is 0.273 e. The fourth-order valence-electron chi connectivity index (χ4n) is 1.66. The van der Waals surface area contributed by atoms with E-state index in [1.165, 1.54) is 10.9 Å². The van der Waals surface area contributed by atoms with Crippen molar-refractivity contribution in [2.45, 2.75) is 31.8 Å². The fraction of sp³-hybridized carbons (Fsp3) is 0.455. The molecule has 0 radical (unpaired) electrons. The lowest BCUT2D eigenvalue weighted by atomic mass is 10.4. The first kappa shape index (κ1) is 13.8. The third kappa shape index (κ3) is 2.85. The molecule has 0 amide bonds. The molecule has 0 aromatic carbocycles. The van der Waals surface area contributed by atoms with Gasteiger partial charge in [-0.2, -0.15) is 10.2 Å². The summed E-state index contributed by atoms with van der Waals surface area (Å²) in [5, 5.41) is 8.15. The van der Waals surface area contributed by atoms with E-state index in [1.807, 2.05) is 13.1 Å². The number of hydrogen-bond donors (Lipinski definition) is 1. The van der Waals surface area contributed by atoms with Crippen LogP contribution in [-0.2, 0) is 30.2 Å². The Balaban J connectivity index is 2.12. The predicted molar refractivity (Wildman–Crippen MR) is 69.9 cm³/mol. The highest BCUT2D eigenvalue weighted by Crippen LogP contribution is 2.13. The summed E-state index contributed by atoms with van der Waals surface area (Å²) in [4.78, 5) is 0.199. The van der Waals surface area contributed by atoms with Gasteiger partial charge in [-0.1, -0.05) is 0 Å². The standard InChI is InChI=1S/C11H17N5O2S/c1-4-16-6-5-10(14-16)7-13-19(17,18)11-8-12-15(3)9(11)2/h5-6,8,13H,4,7H2,1-3H3. The van der Waals surface area contributed by atoms with E-state index >= 15 is 0 Å². The zero-order valence-corrected chi connectivity index (χ0v) is 12.0. The van der Waals surface area contributed by atoms with Crippen LogP contribution in [0.25, 0.3) is 0 Å². The van der Waals surface area contributed by atoms with Gasteiger partial charge in [-0.3, -0.25) is 9.36 Å². The minimum atomic E-state index is -3.55. The Morgan fingerprint density at radius 2 is 2.16 bits per heavy atom. The van der Waals surface area contributed by atoms with Crippen molar-refractivity contribution in [1.29, 1.82) is 0 Å². The van der Waals surface area contributed by atoms with Crippen LogP contribution in [0.1, 0.15) is 18.3 Å². The molecule has 0 atom stereocenters.